The smallest absolute Gasteiger partial charge is 0.0263 e. The summed E-state index contributed by atoms with van der Waals surface area (Å²) in [5.41, 5.74) is 0. The third-order valence-electron chi connectivity index (χ3n) is 3.83. The Morgan fingerprint density at radius 2 is 1.88 bits per heavy atom. The third kappa shape index (κ3) is 4.50. The number of rotatable bonds is 4. The molecule has 0 spiro atoms. The zero-order valence-electron chi connectivity index (χ0n) is 10.4. The van der Waals surface area contributed by atoms with E-state index < -0.39 is 0 Å². The van der Waals surface area contributed by atoms with Gasteiger partial charge in [-0.15, -0.1) is 0 Å². The average Bonchev–Trinajstić information content (AvgIpc) is 2.33. The predicted molar refractivity (Wildman–Crippen MR) is 77.6 cm³/mol. The minimum absolute atomic E-state index is 0.876. The van der Waals surface area contributed by atoms with E-state index in [1.807, 2.05) is 0 Å². The van der Waals surface area contributed by atoms with Crippen LogP contribution in [0, 0.1) is 11.8 Å². The van der Waals surface area contributed by atoms with Gasteiger partial charge in [0.05, 0.1) is 0 Å². The van der Waals surface area contributed by atoms with Crippen LogP contribution in [0.3, 0.4) is 0 Å². The zero-order chi connectivity index (χ0) is 11.2. The standard InChI is InChI=1S/C13H25NS2/c1-11-2-4-12(5-3-11)8-14-9-13-10-15-6-7-16-13/h11-14H,2-10H2,1H3. The number of hydrogen-bond donors (Lipinski definition) is 1. The summed E-state index contributed by atoms with van der Waals surface area (Å²) < 4.78 is 0. The fourth-order valence-corrected chi connectivity index (χ4v) is 5.28. The molecular formula is C13H25NS2. The van der Waals surface area contributed by atoms with E-state index in [-0.39, 0.29) is 0 Å². The van der Waals surface area contributed by atoms with Gasteiger partial charge >= 0.3 is 0 Å². The summed E-state index contributed by atoms with van der Waals surface area (Å²) in [5.74, 6) is 6.04. The highest BCUT2D eigenvalue weighted by molar-refractivity contribution is 8.06. The maximum atomic E-state index is 3.71. The molecule has 0 radical (unpaired) electrons. The molecule has 2 rings (SSSR count). The summed E-state index contributed by atoms with van der Waals surface area (Å²) >= 11 is 4.30. The van der Waals surface area contributed by atoms with Crippen LogP contribution in [0.5, 0.6) is 0 Å². The lowest BCUT2D eigenvalue weighted by Crippen LogP contribution is -2.33. The molecule has 0 aromatic heterocycles. The summed E-state index contributed by atoms with van der Waals surface area (Å²) in [6, 6.07) is 0. The molecule has 0 aromatic carbocycles. The molecule has 1 saturated carbocycles. The van der Waals surface area contributed by atoms with Gasteiger partial charge in [-0.2, -0.15) is 23.5 Å². The van der Waals surface area contributed by atoms with Gasteiger partial charge in [-0.05, 0) is 31.2 Å². The van der Waals surface area contributed by atoms with Crippen LogP contribution in [-0.2, 0) is 0 Å². The van der Waals surface area contributed by atoms with E-state index in [4.69, 9.17) is 0 Å². The molecule has 3 heteroatoms. The van der Waals surface area contributed by atoms with Crippen LogP contribution in [0.15, 0.2) is 0 Å². The van der Waals surface area contributed by atoms with Gasteiger partial charge in [0, 0.05) is 29.1 Å². The van der Waals surface area contributed by atoms with E-state index in [9.17, 15) is 0 Å². The van der Waals surface area contributed by atoms with E-state index in [1.165, 1.54) is 56.0 Å². The SMILES string of the molecule is CC1CCC(CNCC2CSCCS2)CC1. The summed E-state index contributed by atoms with van der Waals surface area (Å²) in [7, 11) is 0. The molecule has 1 heterocycles. The topological polar surface area (TPSA) is 12.0 Å². The molecule has 1 aliphatic heterocycles. The van der Waals surface area contributed by atoms with Crippen LogP contribution in [0.2, 0.25) is 0 Å². The molecule has 94 valence electrons. The quantitative estimate of drug-likeness (QED) is 0.832. The molecule has 0 amide bonds. The fourth-order valence-electron chi connectivity index (χ4n) is 2.64. The first-order valence-electron chi connectivity index (χ1n) is 6.74. The Morgan fingerprint density at radius 1 is 1.06 bits per heavy atom. The van der Waals surface area contributed by atoms with E-state index in [0.717, 1.165) is 17.1 Å². The highest BCUT2D eigenvalue weighted by Gasteiger charge is 2.19. The predicted octanol–water partition coefficient (Wildman–Crippen LogP) is 3.25. The van der Waals surface area contributed by atoms with E-state index in [0.29, 0.717) is 0 Å². The molecule has 1 nitrogen and oxygen atoms in total. The average molecular weight is 259 g/mol. The van der Waals surface area contributed by atoms with Crippen molar-refractivity contribution < 1.29 is 0 Å². The fraction of sp³-hybridized carbons (Fsp3) is 1.00. The molecule has 16 heavy (non-hydrogen) atoms. The second-order valence-electron chi connectivity index (χ2n) is 5.35. The lowest BCUT2D eigenvalue weighted by molar-refractivity contribution is 0.282. The van der Waals surface area contributed by atoms with Crippen molar-refractivity contribution in [1.82, 2.24) is 5.32 Å². The Labute approximate surface area is 109 Å². The molecule has 2 aliphatic rings. The van der Waals surface area contributed by atoms with Crippen molar-refractivity contribution in [2.45, 2.75) is 37.9 Å². The molecule has 1 saturated heterocycles. The number of hydrogen-bond acceptors (Lipinski definition) is 3. The Balaban J connectivity index is 1.53. The molecule has 1 atom stereocenters. The van der Waals surface area contributed by atoms with Crippen molar-refractivity contribution in [3.63, 3.8) is 0 Å². The lowest BCUT2D eigenvalue weighted by Gasteiger charge is -2.27. The molecule has 1 unspecified atom stereocenters. The number of thioether (sulfide) groups is 2. The maximum absolute atomic E-state index is 3.71. The highest BCUT2D eigenvalue weighted by atomic mass is 32.2. The van der Waals surface area contributed by atoms with Crippen molar-refractivity contribution in [3.05, 3.63) is 0 Å². The second-order valence-corrected chi connectivity index (χ2v) is 7.91. The van der Waals surface area contributed by atoms with Gasteiger partial charge in [0.25, 0.3) is 0 Å². The van der Waals surface area contributed by atoms with Crippen LogP contribution < -0.4 is 5.32 Å². The minimum Gasteiger partial charge on any atom is -0.315 e. The Morgan fingerprint density at radius 3 is 2.56 bits per heavy atom. The molecule has 0 bridgehead atoms. The van der Waals surface area contributed by atoms with Crippen molar-refractivity contribution in [1.29, 1.82) is 0 Å². The zero-order valence-corrected chi connectivity index (χ0v) is 12.0. The Kier molecular flexibility index (Phi) is 5.87. The van der Waals surface area contributed by atoms with Gasteiger partial charge in [-0.3, -0.25) is 0 Å². The maximum Gasteiger partial charge on any atom is 0.0263 e. The van der Waals surface area contributed by atoms with Crippen LogP contribution in [-0.4, -0.2) is 35.6 Å². The molecular weight excluding hydrogens is 234 g/mol. The van der Waals surface area contributed by atoms with Gasteiger partial charge in [0.2, 0.25) is 0 Å². The Bertz CT molecular complexity index is 184. The third-order valence-corrected chi connectivity index (χ3v) is 6.67. The minimum atomic E-state index is 0.876. The van der Waals surface area contributed by atoms with E-state index >= 15 is 0 Å². The van der Waals surface area contributed by atoms with Crippen molar-refractivity contribution in [2.75, 3.05) is 30.3 Å². The summed E-state index contributed by atoms with van der Waals surface area (Å²) in [6.45, 7) is 4.91. The summed E-state index contributed by atoms with van der Waals surface area (Å²) in [5, 5.41) is 4.58. The molecule has 1 N–H and O–H groups in total. The first kappa shape index (κ1) is 13.1. The van der Waals surface area contributed by atoms with Crippen molar-refractivity contribution in [2.24, 2.45) is 11.8 Å². The summed E-state index contributed by atoms with van der Waals surface area (Å²) in [4.78, 5) is 0. The second kappa shape index (κ2) is 7.17. The largest absolute Gasteiger partial charge is 0.315 e. The normalized spacial score (nSPS) is 36.2. The Hall–Kier alpha value is 0.660. The van der Waals surface area contributed by atoms with Crippen molar-refractivity contribution >= 4 is 23.5 Å². The monoisotopic (exact) mass is 259 g/mol. The molecule has 1 aliphatic carbocycles. The van der Waals surface area contributed by atoms with Gasteiger partial charge in [0.15, 0.2) is 0 Å². The molecule has 0 aromatic rings. The van der Waals surface area contributed by atoms with Gasteiger partial charge in [-0.25, -0.2) is 0 Å². The summed E-state index contributed by atoms with van der Waals surface area (Å²) in [6.07, 6.45) is 5.84. The van der Waals surface area contributed by atoms with Gasteiger partial charge in [0.1, 0.15) is 0 Å². The van der Waals surface area contributed by atoms with Crippen LogP contribution in [0.4, 0.5) is 0 Å². The van der Waals surface area contributed by atoms with Gasteiger partial charge < -0.3 is 5.32 Å². The van der Waals surface area contributed by atoms with E-state index in [1.54, 1.807) is 0 Å². The van der Waals surface area contributed by atoms with Crippen LogP contribution >= 0.6 is 23.5 Å². The van der Waals surface area contributed by atoms with E-state index in [2.05, 4.69) is 35.8 Å². The van der Waals surface area contributed by atoms with Gasteiger partial charge in [-0.1, -0.05) is 19.8 Å². The van der Waals surface area contributed by atoms with Crippen LogP contribution in [0.25, 0.3) is 0 Å². The van der Waals surface area contributed by atoms with Crippen molar-refractivity contribution in [3.8, 4) is 0 Å². The molecule has 2 fully saturated rings. The first-order valence-corrected chi connectivity index (χ1v) is 8.95. The lowest BCUT2D eigenvalue weighted by atomic mass is 9.83. The number of nitrogens with one attached hydrogen (secondary N) is 1. The highest BCUT2D eigenvalue weighted by Crippen LogP contribution is 2.28. The first-order chi connectivity index (χ1) is 7.84. The van der Waals surface area contributed by atoms with Crippen LogP contribution in [0.1, 0.15) is 32.6 Å².